The van der Waals surface area contributed by atoms with Gasteiger partial charge in [-0.3, -0.25) is 9.79 Å². The van der Waals surface area contributed by atoms with Gasteiger partial charge in [-0.25, -0.2) is 4.98 Å². The average Bonchev–Trinajstić information content (AvgIpc) is 3.19. The summed E-state index contributed by atoms with van der Waals surface area (Å²) < 4.78 is 0. The van der Waals surface area contributed by atoms with Crippen LogP contribution in [0, 0.1) is 12.3 Å². The van der Waals surface area contributed by atoms with Crippen LogP contribution in [-0.2, 0) is 11.2 Å². The van der Waals surface area contributed by atoms with Crippen LogP contribution in [0.25, 0.3) is 0 Å². The van der Waals surface area contributed by atoms with Gasteiger partial charge in [0.05, 0.1) is 16.1 Å². The molecule has 0 bridgehead atoms. The number of aryl methyl sites for hydroxylation is 1. The molecule has 2 N–H and O–H groups in total. The number of carbonyl (C=O) groups is 1. The lowest BCUT2D eigenvalue weighted by molar-refractivity contribution is -0.138. The van der Waals surface area contributed by atoms with Crippen LogP contribution in [0.5, 0.6) is 0 Å². The third-order valence-electron chi connectivity index (χ3n) is 4.58. The van der Waals surface area contributed by atoms with E-state index in [4.69, 9.17) is 0 Å². The van der Waals surface area contributed by atoms with E-state index in [9.17, 15) is 4.79 Å². The Morgan fingerprint density at radius 3 is 2.56 bits per heavy atom. The minimum Gasteiger partial charge on any atom is -0.356 e. The number of nitrogens with one attached hydrogen (secondary N) is 2. The Balaban J connectivity index is 0.00000312. The molecule has 1 aromatic rings. The van der Waals surface area contributed by atoms with Gasteiger partial charge in [0.25, 0.3) is 0 Å². The Bertz CT molecular complexity index is 581. The molecule has 0 unspecified atom stereocenters. The molecular formula is C17H30IN5OS. The molecular weight excluding hydrogens is 449 g/mol. The third kappa shape index (κ3) is 6.09. The summed E-state index contributed by atoms with van der Waals surface area (Å²) >= 11 is 1.67. The predicted octanol–water partition coefficient (Wildman–Crippen LogP) is 2.43. The molecule has 6 nitrogen and oxygen atoms in total. The highest BCUT2D eigenvalue weighted by molar-refractivity contribution is 14.0. The minimum absolute atomic E-state index is 0. The molecule has 0 aromatic carbocycles. The fourth-order valence-electron chi connectivity index (χ4n) is 3.30. The molecule has 1 amide bonds. The Morgan fingerprint density at radius 2 is 2.04 bits per heavy atom. The molecule has 0 aliphatic heterocycles. The zero-order valence-electron chi connectivity index (χ0n) is 15.6. The van der Waals surface area contributed by atoms with Crippen LogP contribution in [0.4, 0.5) is 0 Å². The fraction of sp³-hybridized carbons (Fsp3) is 0.706. The molecule has 1 heterocycles. The number of halogens is 1. The maximum atomic E-state index is 12.6. The van der Waals surface area contributed by atoms with E-state index in [0.717, 1.165) is 55.3 Å². The molecule has 0 saturated heterocycles. The van der Waals surface area contributed by atoms with Crippen LogP contribution in [0.3, 0.4) is 0 Å². The maximum absolute atomic E-state index is 12.6. The summed E-state index contributed by atoms with van der Waals surface area (Å²) in [5.41, 5.74) is 0.822. The first-order valence-electron chi connectivity index (χ1n) is 8.54. The topological polar surface area (TPSA) is 69.6 Å². The number of thiazole rings is 1. The minimum atomic E-state index is -0.285. The third-order valence-corrected chi connectivity index (χ3v) is 5.40. The van der Waals surface area contributed by atoms with Crippen LogP contribution in [0.1, 0.15) is 36.4 Å². The number of nitrogens with zero attached hydrogens (tertiary/aromatic N) is 3. The molecule has 1 saturated carbocycles. The summed E-state index contributed by atoms with van der Waals surface area (Å²) in [5, 5.41) is 9.86. The number of amides is 1. The number of hydrogen-bond acceptors (Lipinski definition) is 4. The van der Waals surface area contributed by atoms with Crippen molar-refractivity contribution in [3.8, 4) is 0 Å². The van der Waals surface area contributed by atoms with Crippen molar-refractivity contribution >= 4 is 47.2 Å². The monoisotopic (exact) mass is 479 g/mol. The van der Waals surface area contributed by atoms with Crippen molar-refractivity contribution in [3.05, 3.63) is 16.1 Å². The van der Waals surface area contributed by atoms with Crippen molar-refractivity contribution < 1.29 is 4.79 Å². The molecule has 0 radical (unpaired) electrons. The summed E-state index contributed by atoms with van der Waals surface area (Å²) in [6.45, 7) is 3.43. The van der Waals surface area contributed by atoms with Crippen molar-refractivity contribution in [2.45, 2.75) is 39.0 Å². The highest BCUT2D eigenvalue weighted by Gasteiger charge is 2.42. The second-order valence-corrected chi connectivity index (χ2v) is 7.71. The Hall–Kier alpha value is -0.900. The summed E-state index contributed by atoms with van der Waals surface area (Å²) in [4.78, 5) is 23.0. The number of aliphatic imine (C=N–C) groups is 1. The van der Waals surface area contributed by atoms with Crippen molar-refractivity contribution in [1.29, 1.82) is 0 Å². The molecule has 1 aliphatic carbocycles. The van der Waals surface area contributed by atoms with Gasteiger partial charge in [-0.05, 0) is 19.8 Å². The van der Waals surface area contributed by atoms with Crippen molar-refractivity contribution in [1.82, 2.24) is 20.5 Å². The van der Waals surface area contributed by atoms with Crippen molar-refractivity contribution in [3.63, 3.8) is 0 Å². The normalized spacial score (nSPS) is 16.2. The fourth-order valence-corrected chi connectivity index (χ4v) is 3.95. The first-order valence-corrected chi connectivity index (χ1v) is 9.42. The lowest BCUT2D eigenvalue weighted by Gasteiger charge is -2.31. The van der Waals surface area contributed by atoms with E-state index < -0.39 is 0 Å². The maximum Gasteiger partial charge on any atom is 0.230 e. The Kier molecular flexibility index (Phi) is 9.12. The molecule has 25 heavy (non-hydrogen) atoms. The van der Waals surface area contributed by atoms with Gasteiger partial charge in [0.15, 0.2) is 5.96 Å². The number of aromatic nitrogens is 1. The Labute approximate surface area is 171 Å². The summed E-state index contributed by atoms with van der Waals surface area (Å²) in [6, 6.07) is 0. The second kappa shape index (κ2) is 10.3. The molecule has 0 atom stereocenters. The molecule has 1 fully saturated rings. The first kappa shape index (κ1) is 22.1. The smallest absolute Gasteiger partial charge is 0.230 e. The highest BCUT2D eigenvalue weighted by atomic mass is 127. The number of guanidine groups is 1. The van der Waals surface area contributed by atoms with Gasteiger partial charge in [-0.15, -0.1) is 35.3 Å². The number of carbonyl (C=O) groups excluding carboxylic acids is 1. The van der Waals surface area contributed by atoms with Crippen LogP contribution in [0.2, 0.25) is 0 Å². The van der Waals surface area contributed by atoms with Crippen LogP contribution < -0.4 is 10.6 Å². The average molecular weight is 479 g/mol. The van der Waals surface area contributed by atoms with Crippen LogP contribution in [0.15, 0.2) is 10.4 Å². The molecule has 8 heteroatoms. The van der Waals surface area contributed by atoms with Gasteiger partial charge in [0, 0.05) is 46.0 Å². The summed E-state index contributed by atoms with van der Waals surface area (Å²) in [5.74, 6) is 0.973. The largest absolute Gasteiger partial charge is 0.356 e. The van der Waals surface area contributed by atoms with E-state index in [-0.39, 0.29) is 35.3 Å². The molecule has 1 aliphatic rings. The first-order chi connectivity index (χ1) is 11.5. The van der Waals surface area contributed by atoms with E-state index in [0.29, 0.717) is 6.54 Å². The number of hydrogen-bond donors (Lipinski definition) is 2. The van der Waals surface area contributed by atoms with Gasteiger partial charge in [0.1, 0.15) is 0 Å². The molecule has 1 aromatic heterocycles. The van der Waals surface area contributed by atoms with E-state index >= 15 is 0 Å². The SMILES string of the molecule is CN=C(NCCc1csc(C)n1)NCC1(C(=O)N(C)C)CCCC1.I. The number of rotatable bonds is 6. The van der Waals surface area contributed by atoms with E-state index in [2.05, 4.69) is 26.0 Å². The van der Waals surface area contributed by atoms with Crippen LogP contribution >= 0.6 is 35.3 Å². The standard InChI is InChI=1S/C17H29N5OS.HI/c1-13-21-14(11-24-13)7-10-19-16(18-2)20-12-17(8-5-6-9-17)15(23)22(3)4;/h11H,5-10,12H2,1-4H3,(H2,18,19,20);1H. The van der Waals surface area contributed by atoms with Crippen molar-refractivity contribution in [2.24, 2.45) is 10.4 Å². The second-order valence-electron chi connectivity index (χ2n) is 6.65. The zero-order chi connectivity index (χ0) is 17.6. The van der Waals surface area contributed by atoms with E-state index in [1.807, 2.05) is 21.0 Å². The van der Waals surface area contributed by atoms with Gasteiger partial charge < -0.3 is 15.5 Å². The van der Waals surface area contributed by atoms with E-state index in [1.165, 1.54) is 0 Å². The Morgan fingerprint density at radius 1 is 1.36 bits per heavy atom. The molecule has 0 spiro atoms. The summed E-state index contributed by atoms with van der Waals surface area (Å²) in [7, 11) is 5.44. The summed E-state index contributed by atoms with van der Waals surface area (Å²) in [6.07, 6.45) is 5.01. The predicted molar refractivity (Wildman–Crippen MR) is 115 cm³/mol. The van der Waals surface area contributed by atoms with Gasteiger partial charge >= 0.3 is 0 Å². The quantitative estimate of drug-likeness (QED) is 0.374. The van der Waals surface area contributed by atoms with Crippen molar-refractivity contribution in [2.75, 3.05) is 34.2 Å². The van der Waals surface area contributed by atoms with Crippen LogP contribution in [-0.4, -0.2) is 56.0 Å². The molecule has 2 rings (SSSR count). The van der Waals surface area contributed by atoms with E-state index in [1.54, 1.807) is 23.3 Å². The highest BCUT2D eigenvalue weighted by Crippen LogP contribution is 2.38. The zero-order valence-corrected chi connectivity index (χ0v) is 18.7. The van der Waals surface area contributed by atoms with Gasteiger partial charge in [-0.1, -0.05) is 12.8 Å². The lowest BCUT2D eigenvalue weighted by Crippen LogP contribution is -2.49. The van der Waals surface area contributed by atoms with Gasteiger partial charge in [-0.2, -0.15) is 0 Å². The van der Waals surface area contributed by atoms with Gasteiger partial charge in [0.2, 0.25) is 5.91 Å². The molecule has 142 valence electrons. The lowest BCUT2D eigenvalue weighted by atomic mass is 9.84.